The fraction of sp³-hybridized carbons (Fsp3) is 0.214. The van der Waals surface area contributed by atoms with Crippen LogP contribution in [0.15, 0.2) is 37.4 Å². The second-order valence-corrected chi connectivity index (χ2v) is 3.97. The van der Waals surface area contributed by atoms with Crippen molar-refractivity contribution in [1.82, 2.24) is 9.97 Å². The highest BCUT2D eigenvalue weighted by atomic mass is 14.9. The van der Waals surface area contributed by atoms with E-state index in [-0.39, 0.29) is 0 Å². The number of imidazole rings is 1. The third kappa shape index (κ3) is 2.15. The maximum Gasteiger partial charge on any atom is 0.121 e. The molecule has 2 rings (SSSR count). The Balaban J connectivity index is 2.63. The second-order valence-electron chi connectivity index (χ2n) is 3.97. The van der Waals surface area contributed by atoms with Gasteiger partial charge in [-0.15, -0.1) is 13.2 Å². The lowest BCUT2D eigenvalue weighted by molar-refractivity contribution is 0.957. The molecule has 3 nitrogen and oxygen atoms in total. The molecule has 1 heterocycles. The van der Waals surface area contributed by atoms with Gasteiger partial charge in [-0.1, -0.05) is 18.2 Å². The molecular weight excluding hydrogens is 210 g/mol. The average Bonchev–Trinajstić information content (AvgIpc) is 2.76. The Kier molecular flexibility index (Phi) is 3.40. The van der Waals surface area contributed by atoms with Crippen LogP contribution in [0, 0.1) is 0 Å². The van der Waals surface area contributed by atoms with Crippen LogP contribution in [0.1, 0.15) is 17.0 Å². The summed E-state index contributed by atoms with van der Waals surface area (Å²) in [4.78, 5) is 7.75. The molecule has 3 heteroatoms. The van der Waals surface area contributed by atoms with Gasteiger partial charge in [0.05, 0.1) is 17.6 Å². The van der Waals surface area contributed by atoms with E-state index in [1.165, 1.54) is 11.1 Å². The highest BCUT2D eigenvalue weighted by molar-refractivity contribution is 5.80. The summed E-state index contributed by atoms with van der Waals surface area (Å²) in [6.07, 6.45) is 5.47. The molecule has 1 aromatic heterocycles. The van der Waals surface area contributed by atoms with Gasteiger partial charge in [0.15, 0.2) is 0 Å². The average molecular weight is 227 g/mol. The Hall–Kier alpha value is -1.87. The molecule has 0 aliphatic carbocycles. The third-order valence-corrected chi connectivity index (χ3v) is 2.81. The standard InChI is InChI=1S/C14H17N3/c1-3-5-10-7-8-12-14(11(10)6-4-2)17-13(9-15)16-12/h3-4,7-8H,1-2,5-6,9,15H2,(H,16,17). The number of hydrogen-bond acceptors (Lipinski definition) is 2. The minimum atomic E-state index is 0.430. The van der Waals surface area contributed by atoms with Gasteiger partial charge in [-0.3, -0.25) is 0 Å². The summed E-state index contributed by atoms with van der Waals surface area (Å²) >= 11 is 0. The van der Waals surface area contributed by atoms with Crippen LogP contribution in [-0.4, -0.2) is 9.97 Å². The van der Waals surface area contributed by atoms with Gasteiger partial charge in [0.25, 0.3) is 0 Å². The Morgan fingerprint density at radius 3 is 2.65 bits per heavy atom. The minimum absolute atomic E-state index is 0.430. The zero-order valence-corrected chi connectivity index (χ0v) is 9.87. The number of allylic oxidation sites excluding steroid dienone is 2. The molecule has 0 aliphatic heterocycles. The minimum Gasteiger partial charge on any atom is -0.341 e. The van der Waals surface area contributed by atoms with Crippen LogP contribution in [-0.2, 0) is 19.4 Å². The number of nitrogens with one attached hydrogen (secondary N) is 1. The van der Waals surface area contributed by atoms with Gasteiger partial charge in [-0.05, 0) is 30.0 Å². The number of rotatable bonds is 5. The Morgan fingerprint density at radius 1 is 1.24 bits per heavy atom. The molecule has 88 valence electrons. The van der Waals surface area contributed by atoms with E-state index >= 15 is 0 Å². The van der Waals surface area contributed by atoms with Crippen molar-refractivity contribution < 1.29 is 0 Å². The molecule has 0 unspecified atom stereocenters. The maximum absolute atomic E-state index is 5.60. The van der Waals surface area contributed by atoms with E-state index < -0.39 is 0 Å². The van der Waals surface area contributed by atoms with Crippen LogP contribution in [0.5, 0.6) is 0 Å². The largest absolute Gasteiger partial charge is 0.341 e. The molecule has 0 saturated carbocycles. The van der Waals surface area contributed by atoms with Crippen LogP contribution in [0.2, 0.25) is 0 Å². The van der Waals surface area contributed by atoms with E-state index in [2.05, 4.69) is 29.2 Å². The zero-order chi connectivity index (χ0) is 12.3. The molecule has 0 fully saturated rings. The van der Waals surface area contributed by atoms with Crippen LogP contribution >= 0.6 is 0 Å². The molecule has 17 heavy (non-hydrogen) atoms. The van der Waals surface area contributed by atoms with Crippen molar-refractivity contribution in [2.75, 3.05) is 0 Å². The van der Waals surface area contributed by atoms with Crippen molar-refractivity contribution >= 4 is 11.0 Å². The number of nitrogens with two attached hydrogens (primary N) is 1. The highest BCUT2D eigenvalue weighted by Crippen LogP contribution is 2.22. The lowest BCUT2D eigenvalue weighted by atomic mass is 10.00. The van der Waals surface area contributed by atoms with Gasteiger partial charge in [0.1, 0.15) is 5.82 Å². The molecule has 0 radical (unpaired) electrons. The number of nitrogens with zero attached hydrogens (tertiary/aromatic N) is 1. The van der Waals surface area contributed by atoms with Gasteiger partial charge < -0.3 is 10.7 Å². The summed E-state index contributed by atoms with van der Waals surface area (Å²) in [7, 11) is 0. The summed E-state index contributed by atoms with van der Waals surface area (Å²) in [5.41, 5.74) is 10.1. The lowest BCUT2D eigenvalue weighted by Crippen LogP contribution is -1.98. The number of fused-ring (bicyclic) bond motifs is 1. The fourth-order valence-corrected chi connectivity index (χ4v) is 2.04. The van der Waals surface area contributed by atoms with Crippen molar-refractivity contribution in [1.29, 1.82) is 0 Å². The van der Waals surface area contributed by atoms with E-state index in [0.29, 0.717) is 6.54 Å². The molecular formula is C14H17N3. The first-order chi connectivity index (χ1) is 8.30. The number of aromatic amines is 1. The first-order valence-corrected chi connectivity index (χ1v) is 5.71. The summed E-state index contributed by atoms with van der Waals surface area (Å²) in [5, 5.41) is 0. The maximum atomic E-state index is 5.60. The zero-order valence-electron chi connectivity index (χ0n) is 9.87. The highest BCUT2D eigenvalue weighted by Gasteiger charge is 2.09. The number of benzene rings is 1. The summed E-state index contributed by atoms with van der Waals surface area (Å²) in [6.45, 7) is 8.02. The van der Waals surface area contributed by atoms with Crippen LogP contribution in [0.25, 0.3) is 11.0 Å². The second kappa shape index (κ2) is 4.97. The first-order valence-electron chi connectivity index (χ1n) is 5.71. The molecule has 3 N–H and O–H groups in total. The van der Waals surface area contributed by atoms with E-state index in [9.17, 15) is 0 Å². The fourth-order valence-electron chi connectivity index (χ4n) is 2.04. The lowest BCUT2D eigenvalue weighted by Gasteiger charge is -2.06. The van der Waals surface area contributed by atoms with Gasteiger partial charge in [0.2, 0.25) is 0 Å². The molecule has 0 saturated heterocycles. The predicted octanol–water partition coefficient (Wildman–Crippen LogP) is 2.48. The summed E-state index contributed by atoms with van der Waals surface area (Å²) < 4.78 is 0. The normalized spacial score (nSPS) is 10.6. The van der Waals surface area contributed by atoms with E-state index in [0.717, 1.165) is 29.7 Å². The number of hydrogen-bond donors (Lipinski definition) is 2. The molecule has 0 bridgehead atoms. The van der Waals surface area contributed by atoms with Crippen LogP contribution in [0.3, 0.4) is 0 Å². The van der Waals surface area contributed by atoms with E-state index in [1.54, 1.807) is 0 Å². The van der Waals surface area contributed by atoms with Crippen LogP contribution < -0.4 is 5.73 Å². The van der Waals surface area contributed by atoms with Crippen molar-refractivity contribution in [3.05, 3.63) is 54.4 Å². The van der Waals surface area contributed by atoms with Crippen molar-refractivity contribution in [2.24, 2.45) is 5.73 Å². The summed E-state index contributed by atoms with van der Waals surface area (Å²) in [6, 6.07) is 4.16. The topological polar surface area (TPSA) is 54.7 Å². The number of H-pyrrole nitrogens is 1. The molecule has 0 spiro atoms. The Labute approximate surface area is 101 Å². The predicted molar refractivity (Wildman–Crippen MR) is 71.8 cm³/mol. The molecule has 0 atom stereocenters. The van der Waals surface area contributed by atoms with Crippen molar-refractivity contribution in [3.63, 3.8) is 0 Å². The van der Waals surface area contributed by atoms with Gasteiger partial charge >= 0.3 is 0 Å². The Bertz CT molecular complexity index is 552. The van der Waals surface area contributed by atoms with Crippen molar-refractivity contribution in [3.8, 4) is 0 Å². The molecule has 1 aromatic carbocycles. The third-order valence-electron chi connectivity index (χ3n) is 2.81. The van der Waals surface area contributed by atoms with E-state index in [1.807, 2.05) is 18.2 Å². The Morgan fingerprint density at radius 2 is 2.00 bits per heavy atom. The van der Waals surface area contributed by atoms with Gasteiger partial charge in [-0.25, -0.2) is 4.98 Å². The van der Waals surface area contributed by atoms with Gasteiger partial charge in [0, 0.05) is 0 Å². The van der Waals surface area contributed by atoms with Gasteiger partial charge in [-0.2, -0.15) is 0 Å². The van der Waals surface area contributed by atoms with Crippen molar-refractivity contribution in [2.45, 2.75) is 19.4 Å². The molecule has 2 aromatic rings. The van der Waals surface area contributed by atoms with E-state index in [4.69, 9.17) is 5.73 Å². The molecule has 0 amide bonds. The molecule has 0 aliphatic rings. The SMILES string of the molecule is C=CCc1ccc2[nH]c(CN)nc2c1CC=C. The quantitative estimate of drug-likeness (QED) is 0.771. The monoisotopic (exact) mass is 227 g/mol. The van der Waals surface area contributed by atoms with Crippen LogP contribution in [0.4, 0.5) is 0 Å². The summed E-state index contributed by atoms with van der Waals surface area (Å²) in [5.74, 6) is 0.820. The first kappa shape index (κ1) is 11.6. The smallest absolute Gasteiger partial charge is 0.121 e. The number of aromatic nitrogens is 2.